The first-order valence-electron chi connectivity index (χ1n) is 5.94. The molecule has 0 spiro atoms. The number of thiazole rings is 1. The standard InChI is InChI=1S/C12H16ClN3S/c1-7-4-3-5-9(8(7)2)15-12-16-11(13)10(6-14)17-12/h7-9H,3-5H2,1-2H3,(H,15,16). The van der Waals surface area contributed by atoms with Crippen molar-refractivity contribution in [1.29, 1.82) is 5.26 Å². The van der Waals surface area contributed by atoms with Gasteiger partial charge in [0.1, 0.15) is 10.9 Å². The average Bonchev–Trinajstić information content (AvgIpc) is 2.65. The first-order valence-corrected chi connectivity index (χ1v) is 7.14. The summed E-state index contributed by atoms with van der Waals surface area (Å²) in [5, 5.41) is 13.4. The van der Waals surface area contributed by atoms with Crippen molar-refractivity contribution in [2.45, 2.75) is 39.2 Å². The van der Waals surface area contributed by atoms with Crippen LogP contribution in [-0.2, 0) is 0 Å². The fourth-order valence-electron chi connectivity index (χ4n) is 2.38. The molecule has 0 amide bonds. The summed E-state index contributed by atoms with van der Waals surface area (Å²) in [4.78, 5) is 4.68. The topological polar surface area (TPSA) is 48.7 Å². The number of nitriles is 1. The lowest BCUT2D eigenvalue weighted by molar-refractivity contribution is 0.253. The number of hydrogen-bond donors (Lipinski definition) is 1. The van der Waals surface area contributed by atoms with Gasteiger partial charge in [-0.1, -0.05) is 49.6 Å². The van der Waals surface area contributed by atoms with Crippen molar-refractivity contribution in [2.75, 3.05) is 5.32 Å². The largest absolute Gasteiger partial charge is 0.358 e. The number of hydrogen-bond acceptors (Lipinski definition) is 4. The summed E-state index contributed by atoms with van der Waals surface area (Å²) in [6.45, 7) is 4.58. The van der Waals surface area contributed by atoms with Crippen LogP contribution in [0.25, 0.3) is 0 Å². The molecular formula is C12H16ClN3S. The Hall–Kier alpha value is -0.790. The predicted octanol–water partition coefficient (Wildman–Crippen LogP) is 3.90. The van der Waals surface area contributed by atoms with Gasteiger partial charge in [-0.05, 0) is 18.3 Å². The van der Waals surface area contributed by atoms with Crippen LogP contribution in [0.4, 0.5) is 5.13 Å². The van der Waals surface area contributed by atoms with Crippen molar-refractivity contribution in [3.05, 3.63) is 10.0 Å². The van der Waals surface area contributed by atoms with Crippen LogP contribution in [0, 0.1) is 23.2 Å². The molecule has 1 fully saturated rings. The van der Waals surface area contributed by atoms with Crippen molar-refractivity contribution in [3.63, 3.8) is 0 Å². The van der Waals surface area contributed by atoms with Gasteiger partial charge in [-0.3, -0.25) is 0 Å². The van der Waals surface area contributed by atoms with Gasteiger partial charge in [0, 0.05) is 6.04 Å². The van der Waals surface area contributed by atoms with Crippen molar-refractivity contribution in [2.24, 2.45) is 11.8 Å². The van der Waals surface area contributed by atoms with Gasteiger partial charge < -0.3 is 5.32 Å². The predicted molar refractivity (Wildman–Crippen MR) is 71.4 cm³/mol. The number of rotatable bonds is 2. The van der Waals surface area contributed by atoms with E-state index in [0.717, 1.165) is 11.0 Å². The quantitative estimate of drug-likeness (QED) is 0.886. The van der Waals surface area contributed by atoms with Crippen molar-refractivity contribution in [1.82, 2.24) is 4.98 Å². The molecule has 0 bridgehead atoms. The summed E-state index contributed by atoms with van der Waals surface area (Å²) in [5.41, 5.74) is 0. The van der Waals surface area contributed by atoms with Crippen molar-refractivity contribution >= 4 is 28.1 Å². The van der Waals surface area contributed by atoms with Gasteiger partial charge in [-0.2, -0.15) is 5.26 Å². The number of aromatic nitrogens is 1. The second-order valence-corrected chi connectivity index (χ2v) is 6.13. The minimum absolute atomic E-state index is 0.316. The molecule has 3 unspecified atom stereocenters. The Balaban J connectivity index is 2.07. The summed E-state index contributed by atoms with van der Waals surface area (Å²) in [5.74, 6) is 1.38. The molecule has 1 aliphatic carbocycles. The smallest absolute Gasteiger partial charge is 0.185 e. The summed E-state index contributed by atoms with van der Waals surface area (Å²) >= 11 is 7.21. The molecule has 0 saturated heterocycles. The SMILES string of the molecule is CC1CCCC(Nc2nc(Cl)c(C#N)s2)C1C. The van der Waals surface area contributed by atoms with Crippen LogP contribution in [0.15, 0.2) is 0 Å². The molecule has 17 heavy (non-hydrogen) atoms. The molecule has 0 radical (unpaired) electrons. The van der Waals surface area contributed by atoms with E-state index >= 15 is 0 Å². The zero-order valence-corrected chi connectivity index (χ0v) is 11.6. The molecule has 3 nitrogen and oxygen atoms in total. The van der Waals surface area contributed by atoms with Crippen LogP contribution in [0.5, 0.6) is 0 Å². The molecule has 92 valence electrons. The highest BCUT2D eigenvalue weighted by atomic mass is 35.5. The number of nitrogens with one attached hydrogen (secondary N) is 1. The maximum absolute atomic E-state index is 8.84. The molecule has 1 heterocycles. The van der Waals surface area contributed by atoms with Crippen LogP contribution in [0.2, 0.25) is 5.15 Å². The van der Waals surface area contributed by atoms with Crippen LogP contribution in [0.1, 0.15) is 38.0 Å². The van der Waals surface area contributed by atoms with E-state index in [1.165, 1.54) is 30.6 Å². The van der Waals surface area contributed by atoms with E-state index in [0.29, 0.717) is 22.0 Å². The summed E-state index contributed by atoms with van der Waals surface area (Å²) in [6.07, 6.45) is 3.74. The summed E-state index contributed by atoms with van der Waals surface area (Å²) in [7, 11) is 0. The highest BCUT2D eigenvalue weighted by molar-refractivity contribution is 7.16. The zero-order valence-electron chi connectivity index (χ0n) is 10.0. The minimum Gasteiger partial charge on any atom is -0.358 e. The Labute approximate surface area is 111 Å². The zero-order chi connectivity index (χ0) is 12.4. The maximum atomic E-state index is 8.84. The van der Waals surface area contributed by atoms with E-state index in [9.17, 15) is 0 Å². The van der Waals surface area contributed by atoms with Gasteiger partial charge in [0.2, 0.25) is 0 Å². The molecule has 1 N–H and O–H groups in total. The molecule has 3 atom stereocenters. The Bertz CT molecular complexity index is 437. The Morgan fingerprint density at radius 1 is 1.47 bits per heavy atom. The lowest BCUT2D eigenvalue weighted by Crippen LogP contribution is -2.34. The van der Waals surface area contributed by atoms with E-state index in [4.69, 9.17) is 16.9 Å². The van der Waals surface area contributed by atoms with Gasteiger partial charge in [-0.25, -0.2) is 4.98 Å². The van der Waals surface area contributed by atoms with Crippen LogP contribution in [-0.4, -0.2) is 11.0 Å². The molecule has 1 aliphatic rings. The maximum Gasteiger partial charge on any atom is 0.185 e. The fourth-order valence-corrected chi connectivity index (χ4v) is 3.39. The molecule has 5 heteroatoms. The van der Waals surface area contributed by atoms with E-state index in [1.807, 2.05) is 0 Å². The molecule has 0 aliphatic heterocycles. The van der Waals surface area contributed by atoms with E-state index in [1.54, 1.807) is 0 Å². The lowest BCUT2D eigenvalue weighted by atomic mass is 9.78. The second kappa shape index (κ2) is 5.24. The van der Waals surface area contributed by atoms with E-state index < -0.39 is 0 Å². The normalized spacial score (nSPS) is 28.7. The molecule has 2 rings (SSSR count). The molecule has 1 aromatic heterocycles. The number of nitrogens with zero attached hydrogens (tertiary/aromatic N) is 2. The molecule has 1 saturated carbocycles. The molecule has 1 aromatic rings. The fraction of sp³-hybridized carbons (Fsp3) is 0.667. The highest BCUT2D eigenvalue weighted by Crippen LogP contribution is 2.33. The minimum atomic E-state index is 0.316. The molecule has 0 aromatic carbocycles. The summed E-state index contributed by atoms with van der Waals surface area (Å²) < 4.78 is 0. The van der Waals surface area contributed by atoms with Gasteiger partial charge in [0.05, 0.1) is 0 Å². The van der Waals surface area contributed by atoms with Gasteiger partial charge in [0.25, 0.3) is 0 Å². The number of anilines is 1. The third-order valence-corrected chi connectivity index (χ3v) is 4.98. The Kier molecular flexibility index (Phi) is 3.90. The first-order chi connectivity index (χ1) is 8.11. The van der Waals surface area contributed by atoms with Crippen molar-refractivity contribution < 1.29 is 0 Å². The van der Waals surface area contributed by atoms with Gasteiger partial charge >= 0.3 is 0 Å². The second-order valence-electron chi connectivity index (χ2n) is 4.77. The lowest BCUT2D eigenvalue weighted by Gasteiger charge is -2.34. The Morgan fingerprint density at radius 2 is 2.24 bits per heavy atom. The van der Waals surface area contributed by atoms with Crippen LogP contribution in [0.3, 0.4) is 0 Å². The van der Waals surface area contributed by atoms with Gasteiger partial charge in [-0.15, -0.1) is 0 Å². The highest BCUT2D eigenvalue weighted by Gasteiger charge is 2.27. The van der Waals surface area contributed by atoms with Gasteiger partial charge in [0.15, 0.2) is 10.3 Å². The monoisotopic (exact) mass is 269 g/mol. The van der Waals surface area contributed by atoms with Crippen LogP contribution < -0.4 is 5.32 Å². The summed E-state index contributed by atoms with van der Waals surface area (Å²) in [6, 6.07) is 2.51. The first kappa shape index (κ1) is 12.7. The van der Waals surface area contributed by atoms with E-state index in [2.05, 4.69) is 30.2 Å². The molecular weight excluding hydrogens is 254 g/mol. The Morgan fingerprint density at radius 3 is 2.88 bits per heavy atom. The van der Waals surface area contributed by atoms with E-state index in [-0.39, 0.29) is 0 Å². The van der Waals surface area contributed by atoms with Crippen molar-refractivity contribution in [3.8, 4) is 6.07 Å². The number of halogens is 1. The van der Waals surface area contributed by atoms with Crippen LogP contribution >= 0.6 is 22.9 Å². The third kappa shape index (κ3) is 2.72. The average molecular weight is 270 g/mol. The third-order valence-electron chi connectivity index (χ3n) is 3.70.